The number of nitro benzene ring substituents is 1. The number of thioether (sulfide) groups is 1. The number of nitrogens with one attached hydrogen (secondary N) is 1. The molecule has 1 saturated heterocycles. The Hall–Kier alpha value is -2.98. The molecule has 1 aromatic carbocycles. The lowest BCUT2D eigenvalue weighted by Gasteiger charge is -2.13. The number of nitro groups is 1. The van der Waals surface area contributed by atoms with E-state index in [1.165, 1.54) is 29.5 Å². The summed E-state index contributed by atoms with van der Waals surface area (Å²) in [6.45, 7) is 1.68. The molecule has 1 aliphatic heterocycles. The SMILES string of the molecule is Cc1cc(C(=O)NCCN2C(=O)S/C(=C/c3cccs3)C2=O)ccc1[N+](=O)[O-]. The van der Waals surface area contributed by atoms with Gasteiger partial charge in [-0.15, -0.1) is 11.3 Å². The number of rotatable bonds is 6. The van der Waals surface area contributed by atoms with Crippen LogP contribution < -0.4 is 5.32 Å². The second-order valence-corrected chi connectivity index (χ2v) is 7.84. The summed E-state index contributed by atoms with van der Waals surface area (Å²) in [6.07, 6.45) is 1.67. The van der Waals surface area contributed by atoms with Crippen molar-refractivity contribution in [3.05, 3.63) is 66.7 Å². The third-order valence-corrected chi connectivity index (χ3v) is 5.69. The number of carbonyl (C=O) groups is 3. The highest BCUT2D eigenvalue weighted by atomic mass is 32.2. The van der Waals surface area contributed by atoms with Crippen LogP contribution in [-0.2, 0) is 4.79 Å². The van der Waals surface area contributed by atoms with Crippen LogP contribution in [0.4, 0.5) is 10.5 Å². The molecule has 28 heavy (non-hydrogen) atoms. The van der Waals surface area contributed by atoms with E-state index in [9.17, 15) is 24.5 Å². The zero-order chi connectivity index (χ0) is 20.3. The number of thiophene rings is 1. The molecule has 1 N–H and O–H groups in total. The Labute approximate surface area is 168 Å². The Bertz CT molecular complexity index is 985. The lowest BCUT2D eigenvalue weighted by atomic mass is 10.1. The maximum Gasteiger partial charge on any atom is 0.293 e. The highest BCUT2D eigenvalue weighted by molar-refractivity contribution is 8.18. The number of carbonyl (C=O) groups excluding carboxylic acids is 3. The lowest BCUT2D eigenvalue weighted by molar-refractivity contribution is -0.385. The standard InChI is InChI=1S/C18H15N3O5S2/c1-11-9-12(4-5-14(11)21(25)26)16(22)19-6-7-20-17(23)15(28-18(20)24)10-13-3-2-8-27-13/h2-5,8-10H,6-7H2,1H3,(H,19,22)/b15-10+. The van der Waals surface area contributed by atoms with Crippen molar-refractivity contribution < 1.29 is 19.3 Å². The second kappa shape index (κ2) is 8.36. The van der Waals surface area contributed by atoms with Crippen LogP contribution in [0.25, 0.3) is 6.08 Å². The molecule has 0 bridgehead atoms. The fraction of sp³-hybridized carbons (Fsp3) is 0.167. The van der Waals surface area contributed by atoms with Gasteiger partial charge in [-0.3, -0.25) is 29.4 Å². The summed E-state index contributed by atoms with van der Waals surface area (Å²) in [5.74, 6) is -0.817. The zero-order valence-electron chi connectivity index (χ0n) is 14.7. The summed E-state index contributed by atoms with van der Waals surface area (Å²) in [4.78, 5) is 49.3. The maximum absolute atomic E-state index is 12.4. The van der Waals surface area contributed by atoms with Gasteiger partial charge in [0.1, 0.15) is 0 Å². The zero-order valence-corrected chi connectivity index (χ0v) is 16.3. The van der Waals surface area contributed by atoms with Crippen LogP contribution in [0, 0.1) is 17.0 Å². The van der Waals surface area contributed by atoms with Crippen LogP contribution in [0.15, 0.2) is 40.6 Å². The van der Waals surface area contributed by atoms with Crippen LogP contribution in [0.5, 0.6) is 0 Å². The van der Waals surface area contributed by atoms with Gasteiger partial charge in [-0.05, 0) is 48.3 Å². The molecule has 0 saturated carbocycles. The van der Waals surface area contributed by atoms with Crippen LogP contribution in [0.1, 0.15) is 20.8 Å². The predicted molar refractivity (Wildman–Crippen MR) is 107 cm³/mol. The maximum atomic E-state index is 12.4. The van der Waals surface area contributed by atoms with Gasteiger partial charge >= 0.3 is 0 Å². The highest BCUT2D eigenvalue weighted by Gasteiger charge is 2.34. The summed E-state index contributed by atoms with van der Waals surface area (Å²) in [6, 6.07) is 7.78. The lowest BCUT2D eigenvalue weighted by Crippen LogP contribution is -2.37. The minimum absolute atomic E-state index is 0.0458. The first kappa shape index (κ1) is 19.8. The third-order valence-electron chi connectivity index (χ3n) is 3.97. The van der Waals surface area contributed by atoms with Crippen LogP contribution in [0.2, 0.25) is 0 Å². The average molecular weight is 417 g/mol. The molecular formula is C18H15N3O5S2. The van der Waals surface area contributed by atoms with E-state index in [-0.39, 0.29) is 35.5 Å². The van der Waals surface area contributed by atoms with Gasteiger partial charge in [-0.1, -0.05) is 6.07 Å². The minimum atomic E-state index is -0.513. The second-order valence-electron chi connectivity index (χ2n) is 5.86. The first-order valence-corrected chi connectivity index (χ1v) is 9.88. The van der Waals surface area contributed by atoms with Gasteiger partial charge in [0.05, 0.1) is 9.83 Å². The van der Waals surface area contributed by atoms with Crippen LogP contribution >= 0.6 is 23.1 Å². The van der Waals surface area contributed by atoms with E-state index in [0.29, 0.717) is 10.5 Å². The van der Waals surface area contributed by atoms with E-state index in [1.54, 1.807) is 13.0 Å². The van der Waals surface area contributed by atoms with E-state index in [4.69, 9.17) is 0 Å². The topological polar surface area (TPSA) is 110 Å². The highest BCUT2D eigenvalue weighted by Crippen LogP contribution is 2.32. The van der Waals surface area contributed by atoms with Crippen molar-refractivity contribution in [2.45, 2.75) is 6.92 Å². The monoisotopic (exact) mass is 417 g/mol. The number of benzene rings is 1. The molecule has 3 amide bonds. The number of imide groups is 1. The molecule has 0 unspecified atom stereocenters. The fourth-order valence-corrected chi connectivity index (χ4v) is 4.17. The Morgan fingerprint density at radius 1 is 1.32 bits per heavy atom. The smallest absolute Gasteiger partial charge is 0.293 e. The van der Waals surface area contributed by atoms with Crippen molar-refractivity contribution in [1.29, 1.82) is 0 Å². The number of hydrogen-bond donors (Lipinski definition) is 1. The molecule has 0 spiro atoms. The van der Waals surface area contributed by atoms with E-state index in [0.717, 1.165) is 21.5 Å². The number of aryl methyl sites for hydroxylation is 1. The van der Waals surface area contributed by atoms with Gasteiger partial charge in [0.2, 0.25) is 0 Å². The quantitative estimate of drug-likeness (QED) is 0.438. The Morgan fingerprint density at radius 2 is 2.11 bits per heavy atom. The first-order valence-electron chi connectivity index (χ1n) is 8.19. The summed E-state index contributed by atoms with van der Waals surface area (Å²) in [5.41, 5.74) is 0.587. The van der Waals surface area contributed by atoms with Crippen molar-refractivity contribution in [2.75, 3.05) is 13.1 Å². The summed E-state index contributed by atoms with van der Waals surface area (Å²) >= 11 is 2.34. The van der Waals surface area contributed by atoms with Crippen molar-refractivity contribution in [1.82, 2.24) is 10.2 Å². The van der Waals surface area contributed by atoms with Crippen molar-refractivity contribution >= 4 is 51.9 Å². The van der Waals surface area contributed by atoms with E-state index >= 15 is 0 Å². The molecule has 3 rings (SSSR count). The van der Waals surface area contributed by atoms with Gasteiger partial charge in [0.15, 0.2) is 0 Å². The minimum Gasteiger partial charge on any atom is -0.350 e. The number of nitrogens with zero attached hydrogens (tertiary/aromatic N) is 2. The molecule has 1 fully saturated rings. The van der Waals surface area contributed by atoms with Crippen molar-refractivity contribution in [3.63, 3.8) is 0 Å². The molecular weight excluding hydrogens is 402 g/mol. The summed E-state index contributed by atoms with van der Waals surface area (Å²) in [7, 11) is 0. The molecule has 1 aliphatic rings. The summed E-state index contributed by atoms with van der Waals surface area (Å²) in [5, 5.41) is 15.0. The Balaban J connectivity index is 1.58. The van der Waals surface area contributed by atoms with Crippen LogP contribution in [0.3, 0.4) is 0 Å². The Kier molecular flexibility index (Phi) is 5.90. The van der Waals surface area contributed by atoms with E-state index in [1.807, 2.05) is 17.5 Å². The number of hydrogen-bond acceptors (Lipinski definition) is 7. The van der Waals surface area contributed by atoms with Gasteiger partial charge in [0, 0.05) is 35.2 Å². The van der Waals surface area contributed by atoms with Gasteiger partial charge in [0.25, 0.3) is 22.7 Å². The molecule has 0 atom stereocenters. The van der Waals surface area contributed by atoms with Gasteiger partial charge < -0.3 is 5.32 Å². The molecule has 2 aromatic rings. The van der Waals surface area contributed by atoms with E-state index < -0.39 is 10.8 Å². The number of amides is 3. The molecule has 144 valence electrons. The molecule has 10 heteroatoms. The van der Waals surface area contributed by atoms with Gasteiger partial charge in [-0.25, -0.2) is 0 Å². The molecule has 1 aromatic heterocycles. The van der Waals surface area contributed by atoms with Crippen LogP contribution in [-0.4, -0.2) is 40.0 Å². The fourth-order valence-electron chi connectivity index (χ4n) is 2.58. The van der Waals surface area contributed by atoms with Crippen molar-refractivity contribution in [2.24, 2.45) is 0 Å². The molecule has 0 radical (unpaired) electrons. The van der Waals surface area contributed by atoms with Crippen molar-refractivity contribution in [3.8, 4) is 0 Å². The normalized spacial score (nSPS) is 15.3. The average Bonchev–Trinajstić information content (AvgIpc) is 3.25. The molecule has 8 nitrogen and oxygen atoms in total. The first-order chi connectivity index (χ1) is 13.4. The van der Waals surface area contributed by atoms with Gasteiger partial charge in [-0.2, -0.15) is 0 Å². The predicted octanol–water partition coefficient (Wildman–Crippen LogP) is 3.43. The third kappa shape index (κ3) is 4.29. The Morgan fingerprint density at radius 3 is 2.75 bits per heavy atom. The largest absolute Gasteiger partial charge is 0.350 e. The molecule has 2 heterocycles. The molecule has 0 aliphatic carbocycles. The summed E-state index contributed by atoms with van der Waals surface area (Å²) < 4.78 is 0. The van der Waals surface area contributed by atoms with E-state index in [2.05, 4.69) is 5.32 Å².